The number of ether oxygens (including phenoxy) is 3. The van der Waals surface area contributed by atoms with Crippen molar-refractivity contribution in [2.45, 2.75) is 97.2 Å². The van der Waals surface area contributed by atoms with E-state index in [1.165, 1.54) is 19.3 Å². The minimum absolute atomic E-state index is 0.0317. The number of fused-ring (bicyclic) bond motifs is 5. The molecule has 4 saturated carbocycles. The van der Waals surface area contributed by atoms with Gasteiger partial charge in [0, 0.05) is 24.2 Å². The molecular formula is C33H51NO6. The van der Waals surface area contributed by atoms with E-state index in [4.69, 9.17) is 14.2 Å². The van der Waals surface area contributed by atoms with Crippen LogP contribution in [0.2, 0.25) is 0 Å². The van der Waals surface area contributed by atoms with Gasteiger partial charge in [0.2, 0.25) is 11.7 Å². The second-order valence-corrected chi connectivity index (χ2v) is 13.9. The molecule has 0 aliphatic heterocycles. The first-order valence-corrected chi connectivity index (χ1v) is 15.5. The van der Waals surface area contributed by atoms with E-state index in [-0.39, 0.29) is 28.9 Å². The van der Waals surface area contributed by atoms with Crippen molar-refractivity contribution >= 4 is 11.6 Å². The Hall–Kier alpha value is -1.99. The number of hydrogen-bond acceptors (Lipinski definition) is 6. The van der Waals surface area contributed by atoms with Gasteiger partial charge in [0.1, 0.15) is 0 Å². The van der Waals surface area contributed by atoms with Crippen molar-refractivity contribution in [1.29, 1.82) is 0 Å². The summed E-state index contributed by atoms with van der Waals surface area (Å²) in [7, 11) is 4.69. The first-order chi connectivity index (χ1) is 19.1. The van der Waals surface area contributed by atoms with E-state index in [1.54, 1.807) is 33.5 Å². The van der Waals surface area contributed by atoms with E-state index in [0.29, 0.717) is 64.9 Å². The molecule has 0 saturated heterocycles. The van der Waals surface area contributed by atoms with Gasteiger partial charge in [-0.2, -0.15) is 0 Å². The molecule has 0 bridgehead atoms. The normalized spacial score (nSPS) is 39.4. The van der Waals surface area contributed by atoms with Crippen LogP contribution in [0.4, 0.5) is 5.69 Å². The quantitative estimate of drug-likeness (QED) is 0.360. The van der Waals surface area contributed by atoms with Crippen molar-refractivity contribution in [3.8, 4) is 17.2 Å². The maximum atomic E-state index is 13.0. The largest absolute Gasteiger partial charge is 0.493 e. The molecule has 4 aliphatic carbocycles. The standard InChI is InChI=1S/C33H51NO6/c1-19(7-12-30(37)34-21-16-27(38-4)31(40-6)28(17-21)39-5)24-10-11-25-23-9-8-20-15-22(35)13-14-32(20,2)26(23)18-29(36)33(24,25)3/h16-17,19-20,22-26,29,35-36H,7-15,18H2,1-6H3,(H,34,37)/t19-,20+,22-,23+,24+,25-,26-,29+,32+,33-/m1/s1. The third-order valence-corrected chi connectivity index (χ3v) is 12.3. The molecule has 0 radical (unpaired) electrons. The Labute approximate surface area is 240 Å². The molecular weight excluding hydrogens is 506 g/mol. The molecule has 5 rings (SSSR count). The SMILES string of the molecule is COc1cc(NC(=O)CC[C@@H](C)[C@@H]2CC[C@@H]3[C@@H]4CC[C@H]5C[C@H](O)CC[C@]5(C)[C@@H]4C[C@H](O)[C@@]32C)cc(OC)c1OC. The van der Waals surface area contributed by atoms with Gasteiger partial charge in [-0.05, 0) is 104 Å². The van der Waals surface area contributed by atoms with Gasteiger partial charge < -0.3 is 29.7 Å². The minimum Gasteiger partial charge on any atom is -0.493 e. The van der Waals surface area contributed by atoms with Crippen LogP contribution in [0.25, 0.3) is 0 Å². The zero-order valence-corrected chi connectivity index (χ0v) is 25.4. The molecule has 0 unspecified atom stereocenters. The number of carbonyl (C=O) groups is 1. The monoisotopic (exact) mass is 557 g/mol. The second-order valence-electron chi connectivity index (χ2n) is 13.9. The number of anilines is 1. The Bertz CT molecular complexity index is 1050. The highest BCUT2D eigenvalue weighted by molar-refractivity contribution is 5.91. The van der Waals surface area contributed by atoms with Gasteiger partial charge in [0.05, 0.1) is 33.5 Å². The van der Waals surface area contributed by atoms with Crippen LogP contribution in [0.3, 0.4) is 0 Å². The molecule has 1 aromatic rings. The van der Waals surface area contributed by atoms with E-state index in [0.717, 1.165) is 38.5 Å². The van der Waals surface area contributed by atoms with Crippen LogP contribution >= 0.6 is 0 Å². The molecule has 4 aliphatic rings. The number of aliphatic hydroxyl groups excluding tert-OH is 2. The third kappa shape index (κ3) is 4.89. The summed E-state index contributed by atoms with van der Waals surface area (Å²) in [6.07, 6.45) is 9.40. The molecule has 1 aromatic carbocycles. The van der Waals surface area contributed by atoms with Gasteiger partial charge >= 0.3 is 0 Å². The summed E-state index contributed by atoms with van der Waals surface area (Å²) in [5.41, 5.74) is 0.776. The Morgan fingerprint density at radius 1 is 0.975 bits per heavy atom. The lowest BCUT2D eigenvalue weighted by Gasteiger charge is -2.62. The second kappa shape index (κ2) is 11.4. The molecule has 224 valence electrons. The van der Waals surface area contributed by atoms with Crippen molar-refractivity contribution in [3.05, 3.63) is 12.1 Å². The lowest BCUT2D eigenvalue weighted by atomic mass is 9.43. The molecule has 10 atom stereocenters. The molecule has 40 heavy (non-hydrogen) atoms. The first kappa shape index (κ1) is 29.5. The zero-order chi connectivity index (χ0) is 28.8. The molecule has 7 nitrogen and oxygen atoms in total. The average molecular weight is 558 g/mol. The summed E-state index contributed by atoms with van der Waals surface area (Å²) >= 11 is 0. The minimum atomic E-state index is -0.302. The van der Waals surface area contributed by atoms with Gasteiger partial charge in [-0.25, -0.2) is 0 Å². The van der Waals surface area contributed by atoms with E-state index in [9.17, 15) is 15.0 Å². The van der Waals surface area contributed by atoms with Crippen molar-refractivity contribution in [1.82, 2.24) is 0 Å². The van der Waals surface area contributed by atoms with Gasteiger partial charge in [-0.3, -0.25) is 4.79 Å². The Morgan fingerprint density at radius 3 is 2.33 bits per heavy atom. The predicted molar refractivity (Wildman–Crippen MR) is 156 cm³/mol. The van der Waals surface area contributed by atoms with Crippen molar-refractivity contribution in [2.75, 3.05) is 26.6 Å². The Balaban J connectivity index is 1.24. The fourth-order valence-corrected chi connectivity index (χ4v) is 10.1. The fraction of sp³-hybridized carbons (Fsp3) is 0.788. The topological polar surface area (TPSA) is 97.3 Å². The van der Waals surface area contributed by atoms with Crippen LogP contribution in [0.1, 0.15) is 85.0 Å². The molecule has 0 aromatic heterocycles. The van der Waals surface area contributed by atoms with Gasteiger partial charge in [-0.1, -0.05) is 20.8 Å². The number of hydrogen-bond donors (Lipinski definition) is 3. The summed E-state index contributed by atoms with van der Waals surface area (Å²) in [6.45, 7) is 7.11. The summed E-state index contributed by atoms with van der Waals surface area (Å²) < 4.78 is 16.2. The number of rotatable bonds is 8. The summed E-state index contributed by atoms with van der Waals surface area (Å²) in [5, 5.41) is 25.2. The maximum absolute atomic E-state index is 13.0. The average Bonchev–Trinajstić information content (AvgIpc) is 3.30. The third-order valence-electron chi connectivity index (χ3n) is 12.3. The molecule has 0 heterocycles. The van der Waals surface area contributed by atoms with Crippen LogP contribution < -0.4 is 19.5 Å². The van der Waals surface area contributed by atoms with Crippen LogP contribution in [-0.4, -0.2) is 49.7 Å². The smallest absolute Gasteiger partial charge is 0.224 e. The molecule has 7 heteroatoms. The first-order valence-electron chi connectivity index (χ1n) is 15.5. The van der Waals surface area contributed by atoms with E-state index >= 15 is 0 Å². The lowest BCUT2D eigenvalue weighted by molar-refractivity contribution is -0.174. The van der Waals surface area contributed by atoms with E-state index < -0.39 is 0 Å². The van der Waals surface area contributed by atoms with E-state index in [2.05, 4.69) is 26.1 Å². The molecule has 3 N–H and O–H groups in total. The number of aliphatic hydroxyl groups is 2. The van der Waals surface area contributed by atoms with E-state index in [1.807, 2.05) is 0 Å². The highest BCUT2D eigenvalue weighted by Gasteiger charge is 2.63. The summed E-state index contributed by atoms with van der Waals surface area (Å²) in [4.78, 5) is 13.0. The van der Waals surface area contributed by atoms with Gasteiger partial charge in [-0.15, -0.1) is 0 Å². The number of carbonyl (C=O) groups excluding carboxylic acids is 1. The molecule has 0 spiro atoms. The highest BCUT2D eigenvalue weighted by atomic mass is 16.5. The summed E-state index contributed by atoms with van der Waals surface area (Å²) in [5.74, 6) is 4.62. The van der Waals surface area contributed by atoms with Gasteiger partial charge in [0.15, 0.2) is 11.5 Å². The molecule has 4 fully saturated rings. The van der Waals surface area contributed by atoms with Crippen molar-refractivity contribution in [2.24, 2.45) is 46.3 Å². The van der Waals surface area contributed by atoms with Crippen LogP contribution in [0.15, 0.2) is 12.1 Å². The van der Waals surface area contributed by atoms with Crippen LogP contribution in [-0.2, 0) is 4.79 Å². The van der Waals surface area contributed by atoms with Gasteiger partial charge in [0.25, 0.3) is 0 Å². The number of nitrogens with one attached hydrogen (secondary N) is 1. The molecule has 1 amide bonds. The van der Waals surface area contributed by atoms with Crippen molar-refractivity contribution in [3.63, 3.8) is 0 Å². The number of benzene rings is 1. The maximum Gasteiger partial charge on any atom is 0.224 e. The lowest BCUT2D eigenvalue weighted by Crippen LogP contribution is -2.58. The number of amides is 1. The predicted octanol–water partition coefficient (Wildman–Crippen LogP) is 6.06. The van der Waals surface area contributed by atoms with Crippen LogP contribution in [0, 0.1) is 46.3 Å². The zero-order valence-electron chi connectivity index (χ0n) is 25.4. The highest BCUT2D eigenvalue weighted by Crippen LogP contribution is 2.68. The van der Waals surface area contributed by atoms with Crippen LogP contribution in [0.5, 0.6) is 17.2 Å². The Kier molecular flexibility index (Phi) is 8.37. The fourth-order valence-electron chi connectivity index (χ4n) is 10.1. The number of methoxy groups -OCH3 is 3. The summed E-state index contributed by atoms with van der Waals surface area (Å²) in [6, 6.07) is 3.50. The van der Waals surface area contributed by atoms with Crippen molar-refractivity contribution < 1.29 is 29.2 Å². The Morgan fingerprint density at radius 2 is 1.68 bits per heavy atom.